The Bertz CT molecular complexity index is 938. The Morgan fingerprint density at radius 2 is 2.00 bits per heavy atom. The average molecular weight is 443 g/mol. The molecule has 1 aromatic carbocycles. The zero-order valence-corrected chi connectivity index (χ0v) is 19.7. The number of anilines is 5. The first-order valence-corrected chi connectivity index (χ1v) is 10.8. The topological polar surface area (TPSA) is 116 Å². The van der Waals surface area contributed by atoms with Gasteiger partial charge in [0.1, 0.15) is 0 Å². The Labute approximate surface area is 189 Å². The summed E-state index contributed by atoms with van der Waals surface area (Å²) in [6.07, 6.45) is 0.491. The van der Waals surface area contributed by atoms with Gasteiger partial charge < -0.3 is 25.6 Å². The molecule has 10 heteroatoms. The van der Waals surface area contributed by atoms with Gasteiger partial charge in [-0.05, 0) is 43.0 Å². The molecule has 0 bridgehead atoms. The standard InChI is InChI=1S/C22H34N8O2/c1-14-7-8-15(25-21(31)32-6)11-17(14)26-19-27-18(24-16-9-10-23-12-16)28-20(29-19)30(5)13-22(2,3)4/h7-8,11,16,23H,9-10,12-13H2,1-6H3,(H,25,31)(H2,24,26,27,28,29)/t16-/m1/s1. The lowest BCUT2D eigenvalue weighted by molar-refractivity contribution is 0.187. The highest BCUT2D eigenvalue weighted by molar-refractivity contribution is 5.85. The maximum absolute atomic E-state index is 11.6. The number of carbonyl (C=O) groups is 1. The maximum Gasteiger partial charge on any atom is 0.411 e. The van der Waals surface area contributed by atoms with E-state index in [1.807, 2.05) is 37.1 Å². The molecule has 10 nitrogen and oxygen atoms in total. The van der Waals surface area contributed by atoms with Crippen LogP contribution in [0.25, 0.3) is 0 Å². The Balaban J connectivity index is 1.89. The molecule has 2 heterocycles. The van der Waals surface area contributed by atoms with Gasteiger partial charge >= 0.3 is 6.09 Å². The minimum absolute atomic E-state index is 0.0857. The first-order valence-electron chi connectivity index (χ1n) is 10.8. The predicted molar refractivity (Wildman–Crippen MR) is 128 cm³/mol. The minimum Gasteiger partial charge on any atom is -0.453 e. The van der Waals surface area contributed by atoms with Crippen molar-refractivity contribution in [1.29, 1.82) is 0 Å². The van der Waals surface area contributed by atoms with E-state index in [4.69, 9.17) is 0 Å². The van der Waals surface area contributed by atoms with E-state index < -0.39 is 6.09 Å². The average Bonchev–Trinajstić information content (AvgIpc) is 3.22. The molecule has 0 aliphatic carbocycles. The second-order valence-electron chi connectivity index (χ2n) is 9.30. The quantitative estimate of drug-likeness (QED) is 0.512. The smallest absolute Gasteiger partial charge is 0.411 e. The van der Waals surface area contributed by atoms with Crippen molar-refractivity contribution in [3.63, 3.8) is 0 Å². The summed E-state index contributed by atoms with van der Waals surface area (Å²) in [6.45, 7) is 11.1. The molecular weight excluding hydrogens is 408 g/mol. The second kappa shape index (κ2) is 9.99. The summed E-state index contributed by atoms with van der Waals surface area (Å²) < 4.78 is 4.68. The Kier molecular flexibility index (Phi) is 7.34. The van der Waals surface area contributed by atoms with Gasteiger partial charge in [-0.1, -0.05) is 26.8 Å². The van der Waals surface area contributed by atoms with Gasteiger partial charge in [0.05, 0.1) is 7.11 Å². The fourth-order valence-electron chi connectivity index (χ4n) is 3.52. The Hall–Kier alpha value is -3.14. The van der Waals surface area contributed by atoms with Crippen LogP contribution in [-0.4, -0.2) is 60.9 Å². The number of ether oxygens (including phenoxy) is 1. The fourth-order valence-corrected chi connectivity index (χ4v) is 3.52. The monoisotopic (exact) mass is 442 g/mol. The van der Waals surface area contributed by atoms with Crippen LogP contribution in [0, 0.1) is 12.3 Å². The zero-order valence-electron chi connectivity index (χ0n) is 19.7. The molecule has 0 saturated carbocycles. The van der Waals surface area contributed by atoms with Crippen LogP contribution in [0.5, 0.6) is 0 Å². The summed E-state index contributed by atoms with van der Waals surface area (Å²) in [5.41, 5.74) is 2.46. The summed E-state index contributed by atoms with van der Waals surface area (Å²) in [7, 11) is 3.31. The third kappa shape index (κ3) is 6.68. The van der Waals surface area contributed by atoms with Crippen LogP contribution in [0.1, 0.15) is 32.8 Å². The minimum atomic E-state index is -0.525. The number of aryl methyl sites for hydroxylation is 1. The number of carbonyl (C=O) groups excluding carboxylic acids is 1. The van der Waals surface area contributed by atoms with Gasteiger partial charge in [-0.2, -0.15) is 15.0 Å². The van der Waals surface area contributed by atoms with Gasteiger partial charge in [0, 0.05) is 37.6 Å². The molecule has 1 fully saturated rings. The predicted octanol–water partition coefficient (Wildman–Crippen LogP) is 3.36. The van der Waals surface area contributed by atoms with E-state index in [9.17, 15) is 4.79 Å². The number of hydrogen-bond acceptors (Lipinski definition) is 9. The number of amides is 1. The first kappa shape index (κ1) is 23.5. The van der Waals surface area contributed by atoms with E-state index in [0.717, 1.165) is 37.3 Å². The number of nitrogens with zero attached hydrogens (tertiary/aromatic N) is 4. The molecule has 0 unspecified atom stereocenters. The highest BCUT2D eigenvalue weighted by atomic mass is 16.5. The Morgan fingerprint density at radius 3 is 2.66 bits per heavy atom. The highest BCUT2D eigenvalue weighted by Gasteiger charge is 2.20. The van der Waals surface area contributed by atoms with Crippen molar-refractivity contribution < 1.29 is 9.53 Å². The van der Waals surface area contributed by atoms with Crippen molar-refractivity contribution in [2.75, 3.05) is 54.6 Å². The van der Waals surface area contributed by atoms with Gasteiger partial charge in [-0.25, -0.2) is 4.79 Å². The van der Waals surface area contributed by atoms with E-state index in [0.29, 0.717) is 23.5 Å². The molecule has 0 radical (unpaired) electrons. The maximum atomic E-state index is 11.6. The number of hydrogen-bond donors (Lipinski definition) is 4. The largest absolute Gasteiger partial charge is 0.453 e. The van der Waals surface area contributed by atoms with E-state index in [1.54, 1.807) is 0 Å². The third-order valence-electron chi connectivity index (χ3n) is 4.99. The highest BCUT2D eigenvalue weighted by Crippen LogP contribution is 2.25. The summed E-state index contributed by atoms with van der Waals surface area (Å²) in [6, 6.07) is 5.82. The SMILES string of the molecule is COC(=O)Nc1ccc(C)c(Nc2nc(N[C@@H]3CCNC3)nc(N(C)CC(C)(C)C)n2)c1. The zero-order chi connectivity index (χ0) is 23.3. The van der Waals surface area contributed by atoms with Crippen molar-refractivity contribution in [1.82, 2.24) is 20.3 Å². The molecule has 4 N–H and O–H groups in total. The van der Waals surface area contributed by atoms with Gasteiger partial charge in [-0.15, -0.1) is 0 Å². The van der Waals surface area contributed by atoms with E-state index in [-0.39, 0.29) is 11.5 Å². The van der Waals surface area contributed by atoms with Gasteiger partial charge in [0.25, 0.3) is 0 Å². The number of rotatable bonds is 7. The molecule has 3 rings (SSSR count). The van der Waals surface area contributed by atoms with Crippen LogP contribution in [0.15, 0.2) is 18.2 Å². The summed E-state index contributed by atoms with van der Waals surface area (Å²) >= 11 is 0. The third-order valence-corrected chi connectivity index (χ3v) is 4.99. The van der Waals surface area contributed by atoms with E-state index >= 15 is 0 Å². The molecule has 0 spiro atoms. The number of methoxy groups -OCH3 is 1. The summed E-state index contributed by atoms with van der Waals surface area (Å²) in [4.78, 5) is 27.5. The summed E-state index contributed by atoms with van der Waals surface area (Å²) in [5.74, 6) is 1.56. The number of aromatic nitrogens is 3. The number of benzene rings is 1. The van der Waals surface area contributed by atoms with Crippen molar-refractivity contribution in [3.8, 4) is 0 Å². The lowest BCUT2D eigenvalue weighted by Crippen LogP contribution is -2.31. The molecule has 1 atom stereocenters. The van der Waals surface area contributed by atoms with Crippen molar-refractivity contribution in [2.45, 2.75) is 40.2 Å². The fraction of sp³-hybridized carbons (Fsp3) is 0.545. The van der Waals surface area contributed by atoms with Crippen molar-refractivity contribution >= 4 is 35.3 Å². The van der Waals surface area contributed by atoms with Crippen LogP contribution in [0.4, 0.5) is 34.0 Å². The van der Waals surface area contributed by atoms with Crippen molar-refractivity contribution in [3.05, 3.63) is 23.8 Å². The van der Waals surface area contributed by atoms with Crippen LogP contribution in [-0.2, 0) is 4.74 Å². The molecule has 1 aliphatic rings. The van der Waals surface area contributed by atoms with Crippen LogP contribution < -0.4 is 26.2 Å². The van der Waals surface area contributed by atoms with E-state index in [1.165, 1.54) is 7.11 Å². The lowest BCUT2D eigenvalue weighted by atomic mass is 9.96. The van der Waals surface area contributed by atoms with Crippen LogP contribution in [0.2, 0.25) is 0 Å². The summed E-state index contributed by atoms with van der Waals surface area (Å²) in [5, 5.41) is 12.7. The molecule has 2 aromatic rings. The lowest BCUT2D eigenvalue weighted by Gasteiger charge is -2.27. The van der Waals surface area contributed by atoms with Gasteiger partial charge in [-0.3, -0.25) is 5.32 Å². The van der Waals surface area contributed by atoms with Crippen molar-refractivity contribution in [2.24, 2.45) is 5.41 Å². The molecule has 1 saturated heterocycles. The Morgan fingerprint density at radius 1 is 1.25 bits per heavy atom. The molecule has 174 valence electrons. The molecule has 32 heavy (non-hydrogen) atoms. The first-order chi connectivity index (χ1) is 15.1. The molecule has 1 amide bonds. The van der Waals surface area contributed by atoms with Gasteiger partial charge in [0.2, 0.25) is 17.8 Å². The van der Waals surface area contributed by atoms with Gasteiger partial charge in [0.15, 0.2) is 0 Å². The molecular formula is C22H34N8O2. The second-order valence-corrected chi connectivity index (χ2v) is 9.30. The molecule has 1 aliphatic heterocycles. The number of nitrogens with one attached hydrogen (secondary N) is 4. The van der Waals surface area contributed by atoms with Crippen LogP contribution in [0.3, 0.4) is 0 Å². The molecule has 1 aromatic heterocycles. The van der Waals surface area contributed by atoms with Crippen LogP contribution >= 0.6 is 0 Å². The van der Waals surface area contributed by atoms with E-state index in [2.05, 4.69) is 61.7 Å². The normalized spacial score (nSPS) is 15.9.